The summed E-state index contributed by atoms with van der Waals surface area (Å²) in [6.07, 6.45) is 1.60. The zero-order chi connectivity index (χ0) is 13.2. The van der Waals surface area contributed by atoms with Crippen molar-refractivity contribution < 1.29 is 14.5 Å². The third kappa shape index (κ3) is 2.20. The van der Waals surface area contributed by atoms with Gasteiger partial charge in [-0.15, -0.1) is 5.16 Å². The summed E-state index contributed by atoms with van der Waals surface area (Å²) < 4.78 is 10.0. The van der Waals surface area contributed by atoms with Gasteiger partial charge in [-0.1, -0.05) is 24.3 Å². The van der Waals surface area contributed by atoms with Crippen molar-refractivity contribution in [3.8, 4) is 16.9 Å². The van der Waals surface area contributed by atoms with Crippen LogP contribution in [0.4, 0.5) is 0 Å². The molecule has 1 heterocycles. The van der Waals surface area contributed by atoms with Crippen LogP contribution >= 0.6 is 0 Å². The van der Waals surface area contributed by atoms with Crippen molar-refractivity contribution >= 4 is 18.8 Å². The topological polar surface area (TPSA) is 51.0 Å². The van der Waals surface area contributed by atoms with Gasteiger partial charge in [0.2, 0.25) is 0 Å². The first-order chi connectivity index (χ1) is 9.28. The fourth-order valence-electron chi connectivity index (χ4n) is 2.10. The van der Waals surface area contributed by atoms with Crippen molar-refractivity contribution in [3.63, 3.8) is 0 Å². The fourth-order valence-corrected chi connectivity index (χ4v) is 2.10. The zero-order valence-electron chi connectivity index (χ0n) is 10.4. The molecule has 0 spiro atoms. The van der Waals surface area contributed by atoms with Crippen molar-refractivity contribution in [1.82, 2.24) is 0 Å². The molecule has 0 amide bonds. The number of oxime groups is 1. The molecule has 5 heteroatoms. The second-order valence-corrected chi connectivity index (χ2v) is 4.27. The van der Waals surface area contributed by atoms with Gasteiger partial charge in [-0.3, -0.25) is 0 Å². The van der Waals surface area contributed by atoms with E-state index < -0.39 is 7.12 Å². The predicted molar refractivity (Wildman–Crippen MR) is 74.7 cm³/mol. The molecule has 2 aromatic carbocycles. The summed E-state index contributed by atoms with van der Waals surface area (Å²) >= 11 is 0. The monoisotopic (exact) mass is 253 g/mol. The molecule has 0 fully saturated rings. The van der Waals surface area contributed by atoms with Gasteiger partial charge in [0, 0.05) is 5.46 Å². The number of nitrogens with zero attached hydrogens (tertiary/aromatic N) is 1. The van der Waals surface area contributed by atoms with Crippen molar-refractivity contribution in [2.75, 3.05) is 7.11 Å². The average molecular weight is 253 g/mol. The maximum atomic E-state index is 9.65. The van der Waals surface area contributed by atoms with E-state index in [1.165, 1.54) is 0 Å². The van der Waals surface area contributed by atoms with Crippen LogP contribution in [0.5, 0.6) is 5.75 Å². The van der Waals surface area contributed by atoms with Gasteiger partial charge in [-0.25, -0.2) is 0 Å². The molecule has 0 saturated carbocycles. The molecule has 4 nitrogen and oxygen atoms in total. The Hall–Kier alpha value is -2.27. The number of ether oxygens (including phenoxy) is 1. The van der Waals surface area contributed by atoms with Gasteiger partial charge >= 0.3 is 7.12 Å². The van der Waals surface area contributed by atoms with E-state index in [0.29, 0.717) is 0 Å². The van der Waals surface area contributed by atoms with Crippen molar-refractivity contribution in [2.24, 2.45) is 5.16 Å². The average Bonchev–Trinajstić information content (AvgIpc) is 2.47. The summed E-state index contributed by atoms with van der Waals surface area (Å²) in [5, 5.41) is 13.3. The second-order valence-electron chi connectivity index (χ2n) is 4.27. The van der Waals surface area contributed by atoms with Crippen molar-refractivity contribution in [3.05, 3.63) is 48.0 Å². The molecule has 0 aromatic heterocycles. The summed E-state index contributed by atoms with van der Waals surface area (Å²) in [6, 6.07) is 13.6. The van der Waals surface area contributed by atoms with Gasteiger partial charge in [0.25, 0.3) is 0 Å². The molecule has 2 aromatic rings. The van der Waals surface area contributed by atoms with Crippen LogP contribution in [-0.2, 0) is 4.76 Å². The Morgan fingerprint density at radius 1 is 1.16 bits per heavy atom. The minimum atomic E-state index is -0.987. The maximum absolute atomic E-state index is 9.65. The van der Waals surface area contributed by atoms with Gasteiger partial charge in [0.05, 0.1) is 13.3 Å². The number of hydrogen-bond donors (Lipinski definition) is 1. The van der Waals surface area contributed by atoms with Gasteiger partial charge in [0.15, 0.2) is 0 Å². The van der Waals surface area contributed by atoms with Gasteiger partial charge in [-0.2, -0.15) is 0 Å². The molecule has 0 saturated heterocycles. The highest BCUT2D eigenvalue weighted by atomic mass is 16.6. The first-order valence-corrected chi connectivity index (χ1v) is 5.93. The zero-order valence-corrected chi connectivity index (χ0v) is 10.4. The molecule has 0 radical (unpaired) electrons. The number of rotatable bonds is 2. The molecule has 0 atom stereocenters. The summed E-state index contributed by atoms with van der Waals surface area (Å²) in [5.74, 6) is 0.812. The van der Waals surface area contributed by atoms with E-state index in [9.17, 15) is 5.02 Å². The molecule has 1 aliphatic rings. The van der Waals surface area contributed by atoms with Crippen LogP contribution < -0.4 is 10.2 Å². The van der Waals surface area contributed by atoms with Crippen LogP contribution in [0, 0.1) is 0 Å². The minimum Gasteiger partial charge on any atom is -0.497 e. The Morgan fingerprint density at radius 2 is 2.00 bits per heavy atom. The lowest BCUT2D eigenvalue weighted by Gasteiger charge is -2.14. The molecule has 0 unspecified atom stereocenters. The summed E-state index contributed by atoms with van der Waals surface area (Å²) in [7, 11) is 0.658. The van der Waals surface area contributed by atoms with Gasteiger partial charge in [-0.05, 0) is 34.9 Å². The van der Waals surface area contributed by atoms with Crippen LogP contribution in [0.1, 0.15) is 5.56 Å². The third-order valence-corrected chi connectivity index (χ3v) is 3.11. The molecular formula is C14H12BNO3. The van der Waals surface area contributed by atoms with E-state index in [0.717, 1.165) is 27.9 Å². The quantitative estimate of drug-likeness (QED) is 0.823. The SMILES string of the molecule is COc1cccc(-c2ccc3c(c2)C=NOB3O)c1. The van der Waals surface area contributed by atoms with E-state index in [-0.39, 0.29) is 0 Å². The molecular weight excluding hydrogens is 241 g/mol. The Labute approximate surface area is 111 Å². The summed E-state index contributed by atoms with van der Waals surface area (Å²) in [4.78, 5) is 0. The smallest absolute Gasteiger partial charge is 0.497 e. The fraction of sp³-hybridized carbons (Fsp3) is 0.0714. The van der Waals surface area contributed by atoms with Crippen LogP contribution in [0.25, 0.3) is 11.1 Å². The molecule has 0 aliphatic carbocycles. The molecule has 19 heavy (non-hydrogen) atoms. The Bertz CT molecular complexity index is 642. The van der Waals surface area contributed by atoms with Crippen LogP contribution in [-0.4, -0.2) is 25.5 Å². The Balaban J connectivity index is 2.05. The first kappa shape index (κ1) is 11.8. The summed E-state index contributed by atoms with van der Waals surface area (Å²) in [6.45, 7) is 0. The maximum Gasteiger partial charge on any atom is 0.583 e. The van der Waals surface area contributed by atoms with E-state index in [1.54, 1.807) is 13.3 Å². The minimum absolute atomic E-state index is 0.724. The molecule has 0 bridgehead atoms. The lowest BCUT2D eigenvalue weighted by molar-refractivity contribution is 0.286. The Morgan fingerprint density at radius 3 is 2.84 bits per heavy atom. The predicted octanol–water partition coefficient (Wildman–Crippen LogP) is 1.41. The molecule has 1 N–H and O–H groups in total. The van der Waals surface area contributed by atoms with Crippen LogP contribution in [0.2, 0.25) is 0 Å². The highest BCUT2D eigenvalue weighted by Gasteiger charge is 2.24. The normalized spacial score (nSPS) is 12.8. The van der Waals surface area contributed by atoms with E-state index in [2.05, 4.69) is 5.16 Å². The molecule has 3 rings (SSSR count). The highest BCUT2D eigenvalue weighted by molar-refractivity contribution is 6.62. The van der Waals surface area contributed by atoms with Crippen molar-refractivity contribution in [2.45, 2.75) is 0 Å². The van der Waals surface area contributed by atoms with E-state index in [4.69, 9.17) is 9.49 Å². The lowest BCUT2D eigenvalue weighted by Crippen LogP contribution is -2.37. The van der Waals surface area contributed by atoms with Gasteiger partial charge in [0.1, 0.15) is 5.75 Å². The van der Waals surface area contributed by atoms with E-state index >= 15 is 0 Å². The van der Waals surface area contributed by atoms with Gasteiger partial charge < -0.3 is 14.5 Å². The second kappa shape index (κ2) is 4.78. The van der Waals surface area contributed by atoms with Crippen LogP contribution in [0.3, 0.4) is 0 Å². The summed E-state index contributed by atoms with van der Waals surface area (Å²) in [5.41, 5.74) is 3.68. The van der Waals surface area contributed by atoms with Crippen LogP contribution in [0.15, 0.2) is 47.6 Å². The molecule has 94 valence electrons. The number of benzene rings is 2. The number of methoxy groups -OCH3 is 1. The van der Waals surface area contributed by atoms with Crippen molar-refractivity contribution in [1.29, 1.82) is 0 Å². The third-order valence-electron chi connectivity index (χ3n) is 3.11. The largest absolute Gasteiger partial charge is 0.583 e. The first-order valence-electron chi connectivity index (χ1n) is 5.93. The highest BCUT2D eigenvalue weighted by Crippen LogP contribution is 2.24. The molecule has 1 aliphatic heterocycles. The number of hydrogen-bond acceptors (Lipinski definition) is 4. The Kier molecular flexibility index (Phi) is 2.97. The standard InChI is InChI=1S/C14H12BNO3/c1-18-13-4-2-3-10(8-13)11-5-6-14-12(7-11)9-16-19-15(14)17/h2-9,17H,1H3. The van der Waals surface area contributed by atoms with E-state index in [1.807, 2.05) is 42.5 Å². The number of fused-ring (bicyclic) bond motifs is 1. The lowest BCUT2D eigenvalue weighted by atomic mass is 9.75.